The Morgan fingerprint density at radius 3 is 2.17 bits per heavy atom. The van der Waals surface area contributed by atoms with Gasteiger partial charge in [0, 0.05) is 18.7 Å². The van der Waals surface area contributed by atoms with Crippen molar-refractivity contribution < 1.29 is 18.6 Å². The predicted octanol–water partition coefficient (Wildman–Crippen LogP) is 4.03. The van der Waals surface area contributed by atoms with E-state index in [-0.39, 0.29) is 29.8 Å². The maximum Gasteiger partial charge on any atom is 0.191 e. The Hall–Kier alpha value is -2.23. The summed E-state index contributed by atoms with van der Waals surface area (Å²) in [7, 11) is 4.79. The van der Waals surface area contributed by atoms with Crippen molar-refractivity contribution in [3.8, 4) is 17.2 Å². The molecule has 0 saturated carbocycles. The van der Waals surface area contributed by atoms with Gasteiger partial charge in [0.1, 0.15) is 23.1 Å². The highest BCUT2D eigenvalue weighted by atomic mass is 127. The maximum atomic E-state index is 13.7. The zero-order valence-corrected chi connectivity index (χ0v) is 19.8. The van der Waals surface area contributed by atoms with Gasteiger partial charge in [-0.25, -0.2) is 9.38 Å². The van der Waals surface area contributed by atoms with Crippen LogP contribution in [0.2, 0.25) is 0 Å². The first-order chi connectivity index (χ1) is 13.5. The molecule has 0 unspecified atom stereocenters. The second kappa shape index (κ2) is 12.4. The Balaban J connectivity index is 0.00000420. The zero-order valence-electron chi connectivity index (χ0n) is 17.5. The van der Waals surface area contributed by atoms with Crippen molar-refractivity contribution in [1.82, 2.24) is 10.6 Å². The highest BCUT2D eigenvalue weighted by Crippen LogP contribution is 2.33. The number of hydrogen-bond donors (Lipinski definition) is 2. The number of guanidine groups is 1. The number of nitrogens with one attached hydrogen (secondary N) is 2. The molecule has 0 fully saturated rings. The third-order valence-electron chi connectivity index (χ3n) is 4.25. The molecule has 0 bridgehead atoms. The highest BCUT2D eigenvalue weighted by Gasteiger charge is 2.13. The minimum Gasteiger partial charge on any atom is -0.496 e. The highest BCUT2D eigenvalue weighted by molar-refractivity contribution is 14.0. The Morgan fingerprint density at radius 2 is 1.66 bits per heavy atom. The molecule has 0 heterocycles. The van der Waals surface area contributed by atoms with Crippen LogP contribution in [0.15, 0.2) is 35.3 Å². The van der Waals surface area contributed by atoms with E-state index in [4.69, 9.17) is 14.2 Å². The number of hydrogen-bond acceptors (Lipinski definition) is 4. The molecule has 160 valence electrons. The first-order valence-corrected chi connectivity index (χ1v) is 9.08. The summed E-state index contributed by atoms with van der Waals surface area (Å²) in [6.07, 6.45) is 0. The summed E-state index contributed by atoms with van der Waals surface area (Å²) in [5.74, 6) is 2.35. The fraction of sp³-hybridized carbons (Fsp3) is 0.381. The van der Waals surface area contributed by atoms with Crippen molar-refractivity contribution in [2.45, 2.75) is 26.9 Å². The van der Waals surface area contributed by atoms with Gasteiger partial charge in [-0.1, -0.05) is 12.1 Å². The summed E-state index contributed by atoms with van der Waals surface area (Å²) in [6.45, 7) is 5.22. The molecule has 6 nitrogen and oxygen atoms in total. The number of rotatable bonds is 8. The van der Waals surface area contributed by atoms with E-state index in [0.717, 1.165) is 11.1 Å². The Labute approximate surface area is 188 Å². The standard InChI is InChI=1S/C21H28FN3O3.HI/c1-6-23-21(24-12-15-8-7-14(2)18(22)9-15)25-13-17-19(27-4)10-16(26-3)11-20(17)28-5;/h7-11H,6,12-13H2,1-5H3,(H2,23,24,25);1H. The Morgan fingerprint density at radius 1 is 1.00 bits per heavy atom. The van der Waals surface area contributed by atoms with E-state index in [1.54, 1.807) is 46.5 Å². The predicted molar refractivity (Wildman–Crippen MR) is 124 cm³/mol. The Kier molecular flexibility index (Phi) is 10.6. The number of benzene rings is 2. The lowest BCUT2D eigenvalue weighted by molar-refractivity contribution is 0.368. The summed E-state index contributed by atoms with van der Waals surface area (Å²) in [5, 5.41) is 6.45. The monoisotopic (exact) mass is 517 g/mol. The number of aryl methyl sites for hydroxylation is 1. The van der Waals surface area contributed by atoms with E-state index in [0.29, 0.717) is 48.4 Å². The lowest BCUT2D eigenvalue weighted by Crippen LogP contribution is -2.37. The largest absolute Gasteiger partial charge is 0.496 e. The van der Waals surface area contributed by atoms with Crippen LogP contribution < -0.4 is 24.8 Å². The zero-order chi connectivity index (χ0) is 20.5. The maximum absolute atomic E-state index is 13.7. The molecule has 2 aromatic carbocycles. The van der Waals surface area contributed by atoms with Crippen LogP contribution in [0.5, 0.6) is 17.2 Å². The molecule has 2 aromatic rings. The first-order valence-electron chi connectivity index (χ1n) is 9.08. The van der Waals surface area contributed by atoms with Crippen LogP contribution in [0.3, 0.4) is 0 Å². The van der Waals surface area contributed by atoms with E-state index >= 15 is 0 Å². The third kappa shape index (κ3) is 6.95. The van der Waals surface area contributed by atoms with Crippen molar-refractivity contribution in [2.24, 2.45) is 4.99 Å². The van der Waals surface area contributed by atoms with E-state index in [9.17, 15) is 4.39 Å². The molecule has 0 spiro atoms. The van der Waals surface area contributed by atoms with Crippen LogP contribution in [0.1, 0.15) is 23.6 Å². The van der Waals surface area contributed by atoms with E-state index in [1.165, 1.54) is 6.07 Å². The van der Waals surface area contributed by atoms with Gasteiger partial charge in [-0.15, -0.1) is 24.0 Å². The average molecular weight is 517 g/mol. The van der Waals surface area contributed by atoms with Gasteiger partial charge < -0.3 is 24.8 Å². The second-order valence-corrected chi connectivity index (χ2v) is 6.14. The Bertz CT molecular complexity index is 806. The first kappa shape index (κ1) is 24.8. The molecule has 0 aliphatic rings. The van der Waals surface area contributed by atoms with Crippen LogP contribution in [0, 0.1) is 12.7 Å². The lowest BCUT2D eigenvalue weighted by atomic mass is 10.1. The van der Waals surface area contributed by atoms with Gasteiger partial charge in [0.25, 0.3) is 0 Å². The van der Waals surface area contributed by atoms with Crippen molar-refractivity contribution in [3.05, 3.63) is 52.8 Å². The molecule has 0 amide bonds. The molecule has 0 radical (unpaired) electrons. The summed E-state index contributed by atoms with van der Waals surface area (Å²) >= 11 is 0. The SMILES string of the molecule is CCNC(=NCc1ccc(C)c(F)c1)NCc1c(OC)cc(OC)cc1OC.I. The lowest BCUT2D eigenvalue weighted by Gasteiger charge is -2.17. The molecular formula is C21H29FIN3O3. The van der Waals surface area contributed by atoms with Crippen molar-refractivity contribution in [1.29, 1.82) is 0 Å². The van der Waals surface area contributed by atoms with Crippen LogP contribution >= 0.6 is 24.0 Å². The summed E-state index contributed by atoms with van der Waals surface area (Å²) in [5.41, 5.74) is 2.27. The normalized spacial score (nSPS) is 10.8. The molecule has 29 heavy (non-hydrogen) atoms. The van der Waals surface area contributed by atoms with Crippen LogP contribution in [0.25, 0.3) is 0 Å². The summed E-state index contributed by atoms with van der Waals surface area (Å²) in [4.78, 5) is 4.54. The fourth-order valence-corrected chi connectivity index (χ4v) is 2.67. The smallest absolute Gasteiger partial charge is 0.191 e. The molecule has 0 aliphatic heterocycles. The van der Waals surface area contributed by atoms with Gasteiger partial charge in [-0.3, -0.25) is 0 Å². The summed E-state index contributed by atoms with van der Waals surface area (Å²) < 4.78 is 30.0. The van der Waals surface area contributed by atoms with Gasteiger partial charge in [0.05, 0.1) is 40.0 Å². The van der Waals surface area contributed by atoms with Crippen LogP contribution in [-0.2, 0) is 13.1 Å². The molecule has 0 atom stereocenters. The molecular weight excluding hydrogens is 488 g/mol. The van der Waals surface area contributed by atoms with Crippen molar-refractivity contribution >= 4 is 29.9 Å². The van der Waals surface area contributed by atoms with Gasteiger partial charge in [-0.2, -0.15) is 0 Å². The van der Waals surface area contributed by atoms with Crippen LogP contribution in [0.4, 0.5) is 4.39 Å². The second-order valence-electron chi connectivity index (χ2n) is 6.14. The number of methoxy groups -OCH3 is 3. The molecule has 0 aliphatic carbocycles. The molecule has 8 heteroatoms. The molecule has 0 aromatic heterocycles. The summed E-state index contributed by atoms with van der Waals surface area (Å²) in [6, 6.07) is 8.75. The average Bonchev–Trinajstić information content (AvgIpc) is 2.71. The molecule has 2 N–H and O–H groups in total. The van der Waals surface area contributed by atoms with Gasteiger partial charge >= 0.3 is 0 Å². The van der Waals surface area contributed by atoms with Crippen molar-refractivity contribution in [3.63, 3.8) is 0 Å². The number of aliphatic imine (C=N–C) groups is 1. The van der Waals surface area contributed by atoms with Crippen LogP contribution in [-0.4, -0.2) is 33.8 Å². The topological polar surface area (TPSA) is 64.1 Å². The van der Waals surface area contributed by atoms with Gasteiger partial charge in [-0.05, 0) is 31.0 Å². The van der Waals surface area contributed by atoms with E-state index in [1.807, 2.05) is 13.0 Å². The number of ether oxygens (including phenoxy) is 3. The van der Waals surface area contributed by atoms with Gasteiger partial charge in [0.15, 0.2) is 5.96 Å². The molecule has 0 saturated heterocycles. The van der Waals surface area contributed by atoms with E-state index in [2.05, 4.69) is 15.6 Å². The fourth-order valence-electron chi connectivity index (χ4n) is 2.67. The number of nitrogens with zero attached hydrogens (tertiary/aromatic N) is 1. The quantitative estimate of drug-likeness (QED) is 0.315. The minimum atomic E-state index is -0.224. The third-order valence-corrected chi connectivity index (χ3v) is 4.25. The minimum absolute atomic E-state index is 0. The number of halogens is 2. The van der Waals surface area contributed by atoms with E-state index < -0.39 is 0 Å². The van der Waals surface area contributed by atoms with Crippen molar-refractivity contribution in [2.75, 3.05) is 27.9 Å². The van der Waals surface area contributed by atoms with Gasteiger partial charge in [0.2, 0.25) is 0 Å². The molecule has 2 rings (SSSR count).